The second kappa shape index (κ2) is 4.22. The molecule has 1 aromatic rings. The molecule has 0 radical (unpaired) electrons. The van der Waals surface area contributed by atoms with E-state index in [1.165, 1.54) is 0 Å². The molecule has 0 amide bonds. The van der Waals surface area contributed by atoms with Crippen LogP contribution in [0.5, 0.6) is 5.75 Å². The van der Waals surface area contributed by atoms with Crippen molar-refractivity contribution in [2.45, 2.75) is 39.5 Å². The molecule has 2 heteroatoms. The summed E-state index contributed by atoms with van der Waals surface area (Å²) < 4.78 is 0. The van der Waals surface area contributed by atoms with Crippen LogP contribution in [-0.4, -0.2) is 5.11 Å². The van der Waals surface area contributed by atoms with Gasteiger partial charge in [0.1, 0.15) is 5.75 Å². The van der Waals surface area contributed by atoms with Crippen molar-refractivity contribution in [1.29, 1.82) is 0 Å². The molecule has 0 unspecified atom stereocenters. The van der Waals surface area contributed by atoms with Gasteiger partial charge in [0.25, 0.3) is 0 Å². The molecule has 0 bridgehead atoms. The molecule has 78 valence electrons. The summed E-state index contributed by atoms with van der Waals surface area (Å²) >= 11 is 6.13. The Morgan fingerprint density at radius 1 is 1.00 bits per heavy atom. The largest absolute Gasteiger partial charge is 0.508 e. The summed E-state index contributed by atoms with van der Waals surface area (Å²) in [4.78, 5) is 0. The first-order valence-corrected chi connectivity index (χ1v) is 5.33. The summed E-state index contributed by atoms with van der Waals surface area (Å²) in [6.07, 6.45) is 0. The molecular formula is C12H17ClO. The molecule has 0 saturated heterocycles. The lowest BCUT2D eigenvalue weighted by Gasteiger charge is -2.14. The van der Waals surface area contributed by atoms with E-state index in [4.69, 9.17) is 11.6 Å². The van der Waals surface area contributed by atoms with Gasteiger partial charge in [-0.25, -0.2) is 0 Å². The Morgan fingerprint density at radius 3 is 1.93 bits per heavy atom. The van der Waals surface area contributed by atoms with Gasteiger partial charge in [-0.3, -0.25) is 0 Å². The number of aromatic hydroxyl groups is 1. The molecule has 0 saturated carbocycles. The Hall–Kier alpha value is -0.690. The van der Waals surface area contributed by atoms with E-state index in [1.807, 2.05) is 19.9 Å². The molecule has 0 heterocycles. The molecule has 0 aromatic heterocycles. The average Bonchev–Trinajstić information content (AvgIpc) is 2.07. The van der Waals surface area contributed by atoms with Crippen LogP contribution in [0.4, 0.5) is 0 Å². The highest BCUT2D eigenvalue weighted by molar-refractivity contribution is 6.31. The Kier molecular flexibility index (Phi) is 3.43. The Bertz CT molecular complexity index is 296. The summed E-state index contributed by atoms with van der Waals surface area (Å²) in [6, 6.07) is 3.65. The maximum Gasteiger partial charge on any atom is 0.119 e. The summed E-state index contributed by atoms with van der Waals surface area (Å²) in [5.74, 6) is 0.997. The van der Waals surface area contributed by atoms with Gasteiger partial charge in [0.15, 0.2) is 0 Å². The van der Waals surface area contributed by atoms with Crippen molar-refractivity contribution in [2.75, 3.05) is 0 Å². The summed E-state index contributed by atoms with van der Waals surface area (Å²) in [5, 5.41) is 10.5. The van der Waals surface area contributed by atoms with E-state index in [0.29, 0.717) is 17.6 Å². The molecule has 1 aromatic carbocycles. The monoisotopic (exact) mass is 212 g/mol. The molecule has 0 aliphatic rings. The van der Waals surface area contributed by atoms with Crippen molar-refractivity contribution in [3.8, 4) is 5.75 Å². The minimum Gasteiger partial charge on any atom is -0.508 e. The Morgan fingerprint density at radius 2 is 1.50 bits per heavy atom. The van der Waals surface area contributed by atoms with Gasteiger partial charge < -0.3 is 5.11 Å². The van der Waals surface area contributed by atoms with E-state index in [9.17, 15) is 5.11 Å². The summed E-state index contributed by atoms with van der Waals surface area (Å²) in [7, 11) is 0. The van der Waals surface area contributed by atoms with Gasteiger partial charge in [-0.2, -0.15) is 0 Å². The average molecular weight is 213 g/mol. The molecule has 14 heavy (non-hydrogen) atoms. The first kappa shape index (κ1) is 11.4. The third kappa shape index (κ3) is 2.21. The normalized spacial score (nSPS) is 11.4. The fourth-order valence-electron chi connectivity index (χ4n) is 1.50. The van der Waals surface area contributed by atoms with Gasteiger partial charge in [0, 0.05) is 5.02 Å². The van der Waals surface area contributed by atoms with E-state index in [2.05, 4.69) is 13.8 Å². The third-order valence-electron chi connectivity index (χ3n) is 2.39. The summed E-state index contributed by atoms with van der Waals surface area (Å²) in [6.45, 7) is 8.21. The number of phenolic OH excluding ortho intramolecular Hbond substituents is 1. The first-order chi connectivity index (χ1) is 6.43. The quantitative estimate of drug-likeness (QED) is 0.776. The molecular weight excluding hydrogens is 196 g/mol. The van der Waals surface area contributed by atoms with Crippen LogP contribution in [0.3, 0.4) is 0 Å². The number of hydrogen-bond donors (Lipinski definition) is 1. The maximum absolute atomic E-state index is 9.78. The second-order valence-corrected chi connectivity index (χ2v) is 4.65. The fourth-order valence-corrected chi connectivity index (χ4v) is 1.89. The minimum absolute atomic E-state index is 0.300. The van der Waals surface area contributed by atoms with Gasteiger partial charge in [-0.05, 0) is 35.1 Å². The van der Waals surface area contributed by atoms with E-state index in [0.717, 1.165) is 16.1 Å². The van der Waals surface area contributed by atoms with Crippen LogP contribution in [0.1, 0.15) is 50.7 Å². The number of halogens is 1. The second-order valence-electron chi connectivity index (χ2n) is 4.24. The van der Waals surface area contributed by atoms with Gasteiger partial charge in [0.2, 0.25) is 0 Å². The van der Waals surface area contributed by atoms with Crippen molar-refractivity contribution < 1.29 is 5.11 Å². The predicted octanol–water partition coefficient (Wildman–Crippen LogP) is 4.29. The zero-order valence-electron chi connectivity index (χ0n) is 9.13. The zero-order chi connectivity index (χ0) is 10.9. The maximum atomic E-state index is 9.78. The number of benzene rings is 1. The van der Waals surface area contributed by atoms with Gasteiger partial charge in [0.05, 0.1) is 0 Å². The molecule has 1 rings (SSSR count). The third-order valence-corrected chi connectivity index (χ3v) is 2.72. The Labute approximate surface area is 90.7 Å². The van der Waals surface area contributed by atoms with E-state index in [1.54, 1.807) is 6.07 Å². The standard InChI is InChI=1S/C12H17ClO/c1-7(2)9-6-12(14)10(8(3)4)5-11(9)13/h5-8,14H,1-4H3. The molecule has 0 aliphatic carbocycles. The van der Waals surface area contributed by atoms with Crippen molar-refractivity contribution in [2.24, 2.45) is 0 Å². The molecule has 1 N–H and O–H groups in total. The molecule has 0 fully saturated rings. The van der Waals surface area contributed by atoms with Crippen molar-refractivity contribution in [3.63, 3.8) is 0 Å². The van der Waals surface area contributed by atoms with Gasteiger partial charge in [-0.1, -0.05) is 39.3 Å². The van der Waals surface area contributed by atoms with Crippen molar-refractivity contribution >= 4 is 11.6 Å². The zero-order valence-corrected chi connectivity index (χ0v) is 9.89. The van der Waals surface area contributed by atoms with Crippen LogP contribution in [0.25, 0.3) is 0 Å². The van der Waals surface area contributed by atoms with E-state index < -0.39 is 0 Å². The van der Waals surface area contributed by atoms with Crippen LogP contribution < -0.4 is 0 Å². The molecule has 1 nitrogen and oxygen atoms in total. The van der Waals surface area contributed by atoms with Crippen LogP contribution in [0.15, 0.2) is 12.1 Å². The lowest BCUT2D eigenvalue weighted by molar-refractivity contribution is 0.463. The van der Waals surface area contributed by atoms with E-state index >= 15 is 0 Å². The first-order valence-electron chi connectivity index (χ1n) is 4.95. The molecule has 0 atom stereocenters. The number of phenols is 1. The number of hydrogen-bond acceptors (Lipinski definition) is 1. The Balaban J connectivity index is 3.24. The summed E-state index contributed by atoms with van der Waals surface area (Å²) in [5.41, 5.74) is 1.92. The topological polar surface area (TPSA) is 20.2 Å². The van der Waals surface area contributed by atoms with Crippen LogP contribution in [0.2, 0.25) is 5.02 Å². The SMILES string of the molecule is CC(C)c1cc(Cl)c(C(C)C)cc1O. The van der Waals surface area contributed by atoms with Crippen LogP contribution in [-0.2, 0) is 0 Å². The van der Waals surface area contributed by atoms with E-state index in [-0.39, 0.29) is 0 Å². The van der Waals surface area contributed by atoms with Gasteiger partial charge >= 0.3 is 0 Å². The molecule has 0 aliphatic heterocycles. The lowest BCUT2D eigenvalue weighted by atomic mass is 9.96. The number of rotatable bonds is 2. The van der Waals surface area contributed by atoms with Crippen molar-refractivity contribution in [1.82, 2.24) is 0 Å². The van der Waals surface area contributed by atoms with Crippen LogP contribution >= 0.6 is 11.6 Å². The van der Waals surface area contributed by atoms with Crippen LogP contribution in [0, 0.1) is 0 Å². The fraction of sp³-hybridized carbons (Fsp3) is 0.500. The lowest BCUT2D eigenvalue weighted by Crippen LogP contribution is -1.94. The van der Waals surface area contributed by atoms with Crippen molar-refractivity contribution in [3.05, 3.63) is 28.3 Å². The van der Waals surface area contributed by atoms with Gasteiger partial charge in [-0.15, -0.1) is 0 Å². The minimum atomic E-state index is 0.300. The highest BCUT2D eigenvalue weighted by Crippen LogP contribution is 2.34. The highest BCUT2D eigenvalue weighted by Gasteiger charge is 2.12. The predicted molar refractivity (Wildman–Crippen MR) is 61.3 cm³/mol. The molecule has 0 spiro atoms. The smallest absolute Gasteiger partial charge is 0.119 e. The highest BCUT2D eigenvalue weighted by atomic mass is 35.5.